The Morgan fingerprint density at radius 1 is 1.34 bits per heavy atom. The molecule has 1 aliphatic rings. The Balaban J connectivity index is 2.50. The molecule has 8 nitrogen and oxygen atoms in total. The number of benzene rings is 1. The van der Waals surface area contributed by atoms with Crippen molar-refractivity contribution >= 4 is 17.7 Å². The molecule has 0 bridgehead atoms. The second-order valence-corrected chi connectivity index (χ2v) is 9.28. The third kappa shape index (κ3) is 7.74. The number of allylic oxidation sites excluding steroid dienone is 1. The van der Waals surface area contributed by atoms with Crippen molar-refractivity contribution < 1.29 is 5.11 Å². The zero-order valence-electron chi connectivity index (χ0n) is 21.8. The normalized spacial score (nSPS) is 19.3. The van der Waals surface area contributed by atoms with Crippen LogP contribution in [0.1, 0.15) is 31.7 Å². The average Bonchev–Trinajstić information content (AvgIpc) is 3.23. The minimum Gasteiger partial charge on any atom is -0.391 e. The first kappa shape index (κ1) is 28.2. The first-order valence-electron chi connectivity index (χ1n) is 12.4. The van der Waals surface area contributed by atoms with Crippen molar-refractivity contribution in [3.8, 4) is 6.07 Å². The summed E-state index contributed by atoms with van der Waals surface area (Å²) >= 11 is 0. The average molecular weight is 482 g/mol. The molecule has 0 saturated carbocycles. The Morgan fingerprint density at radius 3 is 2.74 bits per heavy atom. The lowest BCUT2D eigenvalue weighted by molar-refractivity contribution is 0.148. The van der Waals surface area contributed by atoms with E-state index in [0.717, 1.165) is 49.3 Å². The molecule has 2 unspecified atom stereocenters. The zero-order chi connectivity index (χ0) is 25.8. The van der Waals surface area contributed by atoms with E-state index in [-0.39, 0.29) is 24.0 Å². The summed E-state index contributed by atoms with van der Waals surface area (Å²) in [6, 6.07) is 8.84. The Bertz CT molecular complexity index is 881. The van der Waals surface area contributed by atoms with Crippen LogP contribution in [0, 0.1) is 23.2 Å². The number of rotatable bonds is 15. The predicted octanol–water partition coefficient (Wildman–Crippen LogP) is 3.13. The predicted molar refractivity (Wildman–Crippen MR) is 146 cm³/mol. The fourth-order valence-electron chi connectivity index (χ4n) is 4.64. The van der Waals surface area contributed by atoms with Crippen LogP contribution >= 0.6 is 0 Å². The summed E-state index contributed by atoms with van der Waals surface area (Å²) < 4.78 is 0. The molecule has 0 spiro atoms. The van der Waals surface area contributed by atoms with Gasteiger partial charge in [-0.15, -0.1) is 6.58 Å². The lowest BCUT2D eigenvalue weighted by atomic mass is 9.95. The molecule has 192 valence electrons. The number of unbranched alkanes of at least 4 members (excludes halogenated alkanes) is 1. The lowest BCUT2D eigenvalue weighted by Gasteiger charge is -2.34. The molecule has 1 aliphatic heterocycles. The van der Waals surface area contributed by atoms with Gasteiger partial charge in [-0.25, -0.2) is 0 Å². The number of nitriles is 1. The van der Waals surface area contributed by atoms with E-state index in [0.29, 0.717) is 13.1 Å². The molecule has 8 heteroatoms. The maximum Gasteiger partial charge on any atom is 0.116 e. The van der Waals surface area contributed by atoms with Gasteiger partial charge in [0.05, 0.1) is 24.1 Å². The molecule has 0 aliphatic carbocycles. The number of nitrogens with zero attached hydrogens (tertiary/aromatic N) is 5. The largest absolute Gasteiger partial charge is 0.391 e. The number of aliphatic hydroxyl groups is 1. The Kier molecular flexibility index (Phi) is 11.6. The summed E-state index contributed by atoms with van der Waals surface area (Å²) in [6.07, 6.45) is 7.87. The van der Waals surface area contributed by atoms with Gasteiger partial charge in [-0.05, 0) is 63.2 Å². The van der Waals surface area contributed by atoms with Crippen LogP contribution in [0.15, 0.2) is 48.7 Å². The standard InChI is InChI=1S/C27H43N7O/c1-7-9-10-11-25(21(3)15-28)34(20-31-30-5)26-13-12-24(14-22(26)17-32(6)8-2)33-18-23(16-29-4)27(35)19-33/h7-8,12-14,20-21,23,25,27,29-30,35H,1-2,9-11,16-19H2,3-6H3/b31-20-/t21?,23?,25-,27-/m0/s1. The Morgan fingerprint density at radius 2 is 2.11 bits per heavy atom. The highest BCUT2D eigenvalue weighted by atomic mass is 16.3. The maximum absolute atomic E-state index is 10.5. The first-order valence-corrected chi connectivity index (χ1v) is 12.4. The SMILES string of the molecule is C=CCCC[C@@H](C(C)C#N)N(/C=N\NC)c1ccc(N2CC(CNC)[C@@H](O)C2)cc1CN(C)C=C. The van der Waals surface area contributed by atoms with Gasteiger partial charge in [0.1, 0.15) is 6.34 Å². The van der Waals surface area contributed by atoms with Crippen molar-refractivity contribution in [1.82, 2.24) is 15.6 Å². The molecule has 0 aromatic heterocycles. The van der Waals surface area contributed by atoms with E-state index in [1.165, 1.54) is 0 Å². The van der Waals surface area contributed by atoms with E-state index in [1.54, 1.807) is 13.4 Å². The Labute approximate surface area is 211 Å². The number of hydrogen-bond donors (Lipinski definition) is 3. The Hall–Kier alpha value is -3.02. The van der Waals surface area contributed by atoms with Gasteiger partial charge < -0.3 is 30.5 Å². The van der Waals surface area contributed by atoms with Gasteiger partial charge in [0, 0.05) is 57.6 Å². The van der Waals surface area contributed by atoms with E-state index in [4.69, 9.17) is 0 Å². The van der Waals surface area contributed by atoms with Crippen LogP contribution in [0.25, 0.3) is 0 Å². The third-order valence-corrected chi connectivity index (χ3v) is 6.67. The van der Waals surface area contributed by atoms with Crippen LogP contribution in [-0.2, 0) is 6.54 Å². The van der Waals surface area contributed by atoms with Gasteiger partial charge in [-0.1, -0.05) is 12.7 Å². The van der Waals surface area contributed by atoms with Gasteiger partial charge >= 0.3 is 0 Å². The molecular weight excluding hydrogens is 438 g/mol. The third-order valence-electron chi connectivity index (χ3n) is 6.67. The highest BCUT2D eigenvalue weighted by Crippen LogP contribution is 2.33. The van der Waals surface area contributed by atoms with Gasteiger partial charge in [0.2, 0.25) is 0 Å². The summed E-state index contributed by atoms with van der Waals surface area (Å²) in [6.45, 7) is 12.6. The molecule has 0 amide bonds. The lowest BCUT2D eigenvalue weighted by Crippen LogP contribution is -2.40. The zero-order valence-corrected chi connectivity index (χ0v) is 21.8. The molecule has 3 N–H and O–H groups in total. The fourth-order valence-corrected chi connectivity index (χ4v) is 4.64. The molecule has 0 radical (unpaired) electrons. The number of aliphatic hydroxyl groups excluding tert-OH is 1. The van der Waals surface area contributed by atoms with Gasteiger partial charge in [-0.2, -0.15) is 10.4 Å². The van der Waals surface area contributed by atoms with Crippen molar-refractivity contribution in [3.63, 3.8) is 0 Å². The summed E-state index contributed by atoms with van der Waals surface area (Å²) in [4.78, 5) is 6.42. The van der Waals surface area contributed by atoms with E-state index >= 15 is 0 Å². The van der Waals surface area contributed by atoms with E-state index in [1.807, 2.05) is 38.2 Å². The van der Waals surface area contributed by atoms with Gasteiger partial charge in [0.25, 0.3) is 0 Å². The number of hydrogen-bond acceptors (Lipinski definition) is 7. The molecule has 2 rings (SSSR count). The molecule has 1 aromatic carbocycles. The minimum atomic E-state index is -0.355. The molecule has 1 saturated heterocycles. The summed E-state index contributed by atoms with van der Waals surface area (Å²) in [5, 5.41) is 27.9. The molecular formula is C27H43N7O. The van der Waals surface area contributed by atoms with Gasteiger partial charge in [-0.3, -0.25) is 0 Å². The second-order valence-electron chi connectivity index (χ2n) is 9.28. The van der Waals surface area contributed by atoms with E-state index in [2.05, 4.69) is 63.1 Å². The van der Waals surface area contributed by atoms with Crippen molar-refractivity contribution in [3.05, 3.63) is 49.2 Å². The van der Waals surface area contributed by atoms with E-state index < -0.39 is 0 Å². The van der Waals surface area contributed by atoms with Crippen LogP contribution in [0.5, 0.6) is 0 Å². The molecule has 35 heavy (non-hydrogen) atoms. The first-order chi connectivity index (χ1) is 16.9. The summed E-state index contributed by atoms with van der Waals surface area (Å²) in [7, 11) is 5.69. The molecule has 1 heterocycles. The van der Waals surface area contributed by atoms with Crippen molar-refractivity contribution in [2.45, 2.75) is 44.9 Å². The van der Waals surface area contributed by atoms with Crippen LogP contribution in [0.3, 0.4) is 0 Å². The molecule has 1 fully saturated rings. The van der Waals surface area contributed by atoms with Crippen molar-refractivity contribution in [2.75, 3.05) is 50.6 Å². The number of β-amino-alcohol motifs (C(OH)–C–C–N with tert-alkyl or cyclic N) is 1. The quantitative estimate of drug-likeness (QED) is 0.117. The van der Waals surface area contributed by atoms with Crippen molar-refractivity contribution in [1.29, 1.82) is 5.26 Å². The van der Waals surface area contributed by atoms with Gasteiger partial charge in [0.15, 0.2) is 0 Å². The topological polar surface area (TPSA) is 90.2 Å². The van der Waals surface area contributed by atoms with Crippen molar-refractivity contribution in [2.24, 2.45) is 16.9 Å². The highest BCUT2D eigenvalue weighted by molar-refractivity contribution is 5.82. The number of anilines is 2. The van der Waals surface area contributed by atoms with Crippen LogP contribution in [0.2, 0.25) is 0 Å². The highest BCUT2D eigenvalue weighted by Gasteiger charge is 2.32. The molecule has 4 atom stereocenters. The smallest absolute Gasteiger partial charge is 0.116 e. The monoisotopic (exact) mass is 481 g/mol. The summed E-state index contributed by atoms with van der Waals surface area (Å²) in [5.41, 5.74) is 6.06. The number of hydrazone groups is 1. The van der Waals surface area contributed by atoms with E-state index in [9.17, 15) is 10.4 Å². The van der Waals surface area contributed by atoms with Crippen LogP contribution in [0.4, 0.5) is 11.4 Å². The second kappa shape index (κ2) is 14.4. The van der Waals surface area contributed by atoms with Crippen LogP contribution in [-0.4, -0.2) is 69.3 Å². The van der Waals surface area contributed by atoms with Crippen LogP contribution < -0.4 is 20.5 Å². The molecule has 1 aromatic rings. The number of nitrogens with one attached hydrogen (secondary N) is 2. The minimum absolute atomic E-state index is 0.0377. The fraction of sp³-hybridized carbons (Fsp3) is 0.556. The maximum atomic E-state index is 10.5. The summed E-state index contributed by atoms with van der Waals surface area (Å²) in [5.74, 6) is 0.00719.